The summed E-state index contributed by atoms with van der Waals surface area (Å²) < 4.78 is 45.0. The number of hydrogen-bond acceptors (Lipinski definition) is 3. The van der Waals surface area contributed by atoms with Gasteiger partial charge in [0.25, 0.3) is 5.91 Å². The third kappa shape index (κ3) is 3.12. The van der Waals surface area contributed by atoms with Crippen molar-refractivity contribution >= 4 is 16.8 Å². The van der Waals surface area contributed by atoms with Gasteiger partial charge in [-0.2, -0.15) is 13.2 Å². The highest BCUT2D eigenvalue weighted by Crippen LogP contribution is 2.34. The lowest BCUT2D eigenvalue weighted by Gasteiger charge is -2.21. The number of nitrogens with one attached hydrogen (secondary N) is 2. The van der Waals surface area contributed by atoms with E-state index in [4.69, 9.17) is 4.52 Å². The molecule has 1 aromatic carbocycles. The predicted octanol–water partition coefficient (Wildman–Crippen LogP) is 3.81. The molecule has 3 aromatic rings. The Morgan fingerprint density at radius 1 is 1.25 bits per heavy atom. The van der Waals surface area contributed by atoms with Gasteiger partial charge in [-0.15, -0.1) is 0 Å². The zero-order chi connectivity index (χ0) is 17.5. The number of aromatic nitrogens is 2. The van der Waals surface area contributed by atoms with Crippen molar-refractivity contribution in [2.24, 2.45) is 0 Å². The number of aromatic amines is 1. The summed E-state index contributed by atoms with van der Waals surface area (Å²) in [6.07, 6.45) is -4.65. The van der Waals surface area contributed by atoms with Crippen LogP contribution >= 0.6 is 0 Å². The van der Waals surface area contributed by atoms with Crippen LogP contribution in [-0.2, 0) is 0 Å². The van der Waals surface area contributed by atoms with Gasteiger partial charge < -0.3 is 14.8 Å². The zero-order valence-corrected chi connectivity index (χ0v) is 12.9. The topological polar surface area (TPSA) is 70.9 Å². The van der Waals surface area contributed by atoms with Crippen molar-refractivity contribution in [3.8, 4) is 0 Å². The number of aryl methyl sites for hydroxylation is 2. The number of hydrogen-bond donors (Lipinski definition) is 2. The molecule has 24 heavy (non-hydrogen) atoms. The average molecular weight is 337 g/mol. The molecule has 3 rings (SSSR count). The molecular formula is C16H14F3N3O2. The molecule has 2 heterocycles. The van der Waals surface area contributed by atoms with Gasteiger partial charge in [0.05, 0.1) is 5.69 Å². The SMILES string of the molecule is Cc1cc(C(=O)NC(c2ccc3[nH]c(C)cc3c2)C(F)(F)F)on1. The van der Waals surface area contributed by atoms with Gasteiger partial charge in [-0.05, 0) is 43.0 Å². The summed E-state index contributed by atoms with van der Waals surface area (Å²) >= 11 is 0. The Hall–Kier alpha value is -2.77. The standard InChI is InChI=1S/C16H14F3N3O2/c1-8-5-11-7-10(3-4-12(11)20-8)14(16(17,18)19)21-15(23)13-6-9(2)22-24-13/h3-7,14,20H,1-2H3,(H,21,23). The summed E-state index contributed by atoms with van der Waals surface area (Å²) in [5.74, 6) is -1.23. The number of carbonyl (C=O) groups is 1. The highest BCUT2D eigenvalue weighted by molar-refractivity contribution is 5.92. The quantitative estimate of drug-likeness (QED) is 0.763. The third-order valence-electron chi connectivity index (χ3n) is 3.57. The fourth-order valence-corrected chi connectivity index (χ4v) is 2.50. The Balaban J connectivity index is 1.94. The molecule has 1 amide bonds. The zero-order valence-electron chi connectivity index (χ0n) is 12.9. The minimum absolute atomic E-state index is 0.0569. The summed E-state index contributed by atoms with van der Waals surface area (Å²) in [7, 11) is 0. The second kappa shape index (κ2) is 5.70. The average Bonchev–Trinajstić information content (AvgIpc) is 3.07. The Morgan fingerprint density at radius 2 is 2.00 bits per heavy atom. The van der Waals surface area contributed by atoms with Crippen LogP contribution in [0.4, 0.5) is 13.2 Å². The summed E-state index contributed by atoms with van der Waals surface area (Å²) in [5.41, 5.74) is 1.92. The summed E-state index contributed by atoms with van der Waals surface area (Å²) in [4.78, 5) is 15.0. The lowest BCUT2D eigenvalue weighted by atomic mass is 10.0. The first-order valence-corrected chi connectivity index (χ1v) is 7.14. The van der Waals surface area contributed by atoms with E-state index in [0.29, 0.717) is 11.1 Å². The van der Waals surface area contributed by atoms with E-state index in [-0.39, 0.29) is 11.3 Å². The molecule has 0 saturated heterocycles. The molecule has 1 unspecified atom stereocenters. The first kappa shape index (κ1) is 16.1. The largest absolute Gasteiger partial charge is 0.412 e. The second-order valence-corrected chi connectivity index (χ2v) is 5.58. The first-order valence-electron chi connectivity index (χ1n) is 7.14. The van der Waals surface area contributed by atoms with Crippen LogP contribution < -0.4 is 5.32 Å². The Kier molecular flexibility index (Phi) is 3.82. The number of benzene rings is 1. The number of halogens is 3. The molecule has 1 atom stereocenters. The van der Waals surface area contributed by atoms with E-state index in [1.54, 1.807) is 19.1 Å². The van der Waals surface area contributed by atoms with Crippen molar-refractivity contribution in [1.82, 2.24) is 15.5 Å². The molecule has 2 N–H and O–H groups in total. The highest BCUT2D eigenvalue weighted by atomic mass is 19.4. The van der Waals surface area contributed by atoms with Crippen molar-refractivity contribution in [1.29, 1.82) is 0 Å². The minimum atomic E-state index is -4.65. The lowest BCUT2D eigenvalue weighted by Crippen LogP contribution is -2.38. The van der Waals surface area contributed by atoms with Crippen LogP contribution in [0.1, 0.15) is 33.5 Å². The Bertz CT molecular complexity index is 895. The Labute approximate surface area is 134 Å². The third-order valence-corrected chi connectivity index (χ3v) is 3.57. The minimum Gasteiger partial charge on any atom is -0.359 e. The molecule has 5 nitrogen and oxygen atoms in total. The van der Waals surface area contributed by atoms with Gasteiger partial charge >= 0.3 is 6.18 Å². The smallest absolute Gasteiger partial charge is 0.359 e. The summed E-state index contributed by atoms with van der Waals surface area (Å²) in [6.45, 7) is 3.39. The molecule has 0 saturated carbocycles. The van der Waals surface area contributed by atoms with E-state index in [0.717, 1.165) is 11.2 Å². The van der Waals surface area contributed by atoms with Gasteiger partial charge in [0.1, 0.15) is 0 Å². The van der Waals surface area contributed by atoms with Crippen molar-refractivity contribution in [2.75, 3.05) is 0 Å². The normalized spacial score (nSPS) is 13.2. The number of amides is 1. The maximum Gasteiger partial charge on any atom is 0.412 e. The fourth-order valence-electron chi connectivity index (χ4n) is 2.50. The number of alkyl halides is 3. The molecule has 0 fully saturated rings. The molecular weight excluding hydrogens is 323 g/mol. The molecule has 8 heteroatoms. The molecule has 0 radical (unpaired) electrons. The van der Waals surface area contributed by atoms with E-state index in [1.165, 1.54) is 18.2 Å². The van der Waals surface area contributed by atoms with Gasteiger partial charge in [0.2, 0.25) is 5.76 Å². The van der Waals surface area contributed by atoms with Crippen molar-refractivity contribution < 1.29 is 22.5 Å². The molecule has 0 aliphatic carbocycles. The molecule has 126 valence electrons. The van der Waals surface area contributed by atoms with Crippen LogP contribution in [0, 0.1) is 13.8 Å². The van der Waals surface area contributed by atoms with Gasteiger partial charge in [-0.1, -0.05) is 11.2 Å². The molecule has 0 bridgehead atoms. The van der Waals surface area contributed by atoms with E-state index in [1.807, 2.05) is 12.2 Å². The van der Waals surface area contributed by atoms with Crippen LogP contribution in [0.15, 0.2) is 34.9 Å². The van der Waals surface area contributed by atoms with Crippen LogP contribution in [-0.4, -0.2) is 22.2 Å². The molecule has 0 spiro atoms. The number of H-pyrrole nitrogens is 1. The number of rotatable bonds is 3. The van der Waals surface area contributed by atoms with Crippen LogP contribution in [0.25, 0.3) is 10.9 Å². The van der Waals surface area contributed by atoms with Crippen molar-refractivity contribution in [3.63, 3.8) is 0 Å². The predicted molar refractivity (Wildman–Crippen MR) is 80.5 cm³/mol. The van der Waals surface area contributed by atoms with Crippen molar-refractivity contribution in [2.45, 2.75) is 26.1 Å². The number of carbonyl (C=O) groups excluding carboxylic acids is 1. The number of nitrogens with zero attached hydrogens (tertiary/aromatic N) is 1. The van der Waals surface area contributed by atoms with Gasteiger partial charge in [-0.3, -0.25) is 4.79 Å². The second-order valence-electron chi connectivity index (χ2n) is 5.58. The summed E-state index contributed by atoms with van der Waals surface area (Å²) in [6, 6.07) is 5.18. The van der Waals surface area contributed by atoms with E-state index < -0.39 is 18.1 Å². The maximum atomic E-state index is 13.4. The maximum absolute atomic E-state index is 13.4. The van der Waals surface area contributed by atoms with Crippen LogP contribution in [0.5, 0.6) is 0 Å². The monoisotopic (exact) mass is 337 g/mol. The van der Waals surface area contributed by atoms with E-state index >= 15 is 0 Å². The highest BCUT2D eigenvalue weighted by Gasteiger charge is 2.42. The summed E-state index contributed by atoms with van der Waals surface area (Å²) in [5, 5.41) is 6.11. The van der Waals surface area contributed by atoms with Gasteiger partial charge in [-0.25, -0.2) is 0 Å². The molecule has 0 aliphatic heterocycles. The first-order chi connectivity index (χ1) is 11.2. The van der Waals surface area contributed by atoms with Crippen LogP contribution in [0.2, 0.25) is 0 Å². The van der Waals surface area contributed by atoms with Crippen molar-refractivity contribution in [3.05, 3.63) is 53.0 Å². The van der Waals surface area contributed by atoms with Gasteiger partial charge in [0.15, 0.2) is 6.04 Å². The van der Waals surface area contributed by atoms with Gasteiger partial charge in [0, 0.05) is 17.3 Å². The molecule has 0 aliphatic rings. The van der Waals surface area contributed by atoms with Crippen LogP contribution in [0.3, 0.4) is 0 Å². The molecule has 2 aromatic heterocycles. The van der Waals surface area contributed by atoms with E-state index in [9.17, 15) is 18.0 Å². The lowest BCUT2D eigenvalue weighted by molar-refractivity contribution is -0.155. The number of fused-ring (bicyclic) bond motifs is 1. The Morgan fingerprint density at radius 3 is 2.62 bits per heavy atom. The fraction of sp³-hybridized carbons (Fsp3) is 0.250. The van der Waals surface area contributed by atoms with E-state index in [2.05, 4.69) is 10.1 Å².